The molecule has 0 saturated heterocycles. The fraction of sp³-hybridized carbons (Fsp3) is 0.0652. The predicted molar refractivity (Wildman–Crippen MR) is 205 cm³/mol. The standard InChI is InChI=1S/C46H33N3/c1-46(2)42-15-9-7-13-38(42)39-27-25-37(30-43(39)46)48(34-21-17-32(18-22-34)31-11-5-4-6-12-31)36-26-28-45-41(29-36)40-14-8-10-16-44(40)49(45)35-23-19-33(47-3)20-24-35/h4-30H,1-2H3. The monoisotopic (exact) mass is 627 g/mol. The third kappa shape index (κ3) is 4.57. The molecule has 232 valence electrons. The Kier molecular flexibility index (Phi) is 6.54. The van der Waals surface area contributed by atoms with Gasteiger partial charge in [-0.25, -0.2) is 4.85 Å². The molecule has 0 radical (unpaired) electrons. The molecule has 49 heavy (non-hydrogen) atoms. The highest BCUT2D eigenvalue weighted by molar-refractivity contribution is 6.10. The molecule has 3 heteroatoms. The summed E-state index contributed by atoms with van der Waals surface area (Å²) in [5.41, 5.74) is 14.9. The number of hydrogen-bond donors (Lipinski definition) is 0. The van der Waals surface area contributed by atoms with Crippen LogP contribution in [0.5, 0.6) is 0 Å². The second-order valence-electron chi connectivity index (χ2n) is 13.3. The van der Waals surface area contributed by atoms with E-state index in [1.807, 2.05) is 24.3 Å². The molecule has 1 aliphatic carbocycles. The van der Waals surface area contributed by atoms with E-state index in [0.29, 0.717) is 5.69 Å². The number of nitrogens with zero attached hydrogens (tertiary/aromatic N) is 3. The lowest BCUT2D eigenvalue weighted by Crippen LogP contribution is -2.16. The highest BCUT2D eigenvalue weighted by Crippen LogP contribution is 2.51. The summed E-state index contributed by atoms with van der Waals surface area (Å²) in [5, 5.41) is 2.38. The zero-order valence-electron chi connectivity index (χ0n) is 27.4. The van der Waals surface area contributed by atoms with Gasteiger partial charge in [0.2, 0.25) is 0 Å². The first-order valence-corrected chi connectivity index (χ1v) is 16.7. The average Bonchev–Trinajstić information content (AvgIpc) is 3.60. The Morgan fingerprint density at radius 2 is 1.12 bits per heavy atom. The molecule has 0 fully saturated rings. The molecule has 9 rings (SSSR count). The molecule has 0 amide bonds. The molecular weight excluding hydrogens is 595 g/mol. The number of hydrogen-bond acceptors (Lipinski definition) is 1. The van der Waals surface area contributed by atoms with Crippen LogP contribution in [0.15, 0.2) is 164 Å². The second kappa shape index (κ2) is 11.1. The average molecular weight is 628 g/mol. The molecule has 0 aliphatic heterocycles. The van der Waals surface area contributed by atoms with E-state index in [1.54, 1.807) is 0 Å². The van der Waals surface area contributed by atoms with E-state index in [1.165, 1.54) is 44.2 Å². The topological polar surface area (TPSA) is 12.5 Å². The summed E-state index contributed by atoms with van der Waals surface area (Å²) in [6.07, 6.45) is 0. The van der Waals surface area contributed by atoms with Gasteiger partial charge in [0.25, 0.3) is 0 Å². The first kappa shape index (κ1) is 28.8. The highest BCUT2D eigenvalue weighted by atomic mass is 15.1. The zero-order chi connectivity index (χ0) is 33.1. The van der Waals surface area contributed by atoms with Gasteiger partial charge < -0.3 is 9.47 Å². The summed E-state index contributed by atoms with van der Waals surface area (Å²) in [6.45, 7) is 12.1. The van der Waals surface area contributed by atoms with E-state index in [4.69, 9.17) is 6.57 Å². The molecule has 1 aromatic heterocycles. The molecule has 1 aliphatic rings. The van der Waals surface area contributed by atoms with Gasteiger partial charge in [0.15, 0.2) is 5.69 Å². The molecule has 0 atom stereocenters. The fourth-order valence-corrected chi connectivity index (χ4v) is 7.77. The molecular formula is C46H33N3. The molecule has 0 bridgehead atoms. The Morgan fingerprint density at radius 1 is 0.510 bits per heavy atom. The third-order valence-corrected chi connectivity index (χ3v) is 10.2. The maximum absolute atomic E-state index is 7.42. The Labute approximate surface area is 286 Å². The smallest absolute Gasteiger partial charge is 0.187 e. The summed E-state index contributed by atoms with van der Waals surface area (Å²) in [7, 11) is 0. The molecule has 7 aromatic carbocycles. The molecule has 8 aromatic rings. The lowest BCUT2D eigenvalue weighted by Gasteiger charge is -2.28. The molecule has 0 unspecified atom stereocenters. The third-order valence-electron chi connectivity index (χ3n) is 10.2. The Morgan fingerprint density at radius 3 is 1.92 bits per heavy atom. The summed E-state index contributed by atoms with van der Waals surface area (Å²) in [6, 6.07) is 58.5. The van der Waals surface area contributed by atoms with Crippen LogP contribution in [0.2, 0.25) is 0 Å². The van der Waals surface area contributed by atoms with Crippen LogP contribution >= 0.6 is 0 Å². The van der Waals surface area contributed by atoms with Crippen LogP contribution in [0.3, 0.4) is 0 Å². The van der Waals surface area contributed by atoms with Crippen LogP contribution in [0.4, 0.5) is 22.7 Å². The van der Waals surface area contributed by atoms with Crippen molar-refractivity contribution in [1.82, 2.24) is 4.57 Å². The number of aromatic nitrogens is 1. The molecule has 0 saturated carbocycles. The fourth-order valence-electron chi connectivity index (χ4n) is 7.77. The van der Waals surface area contributed by atoms with Gasteiger partial charge >= 0.3 is 0 Å². The minimum absolute atomic E-state index is 0.106. The SMILES string of the molecule is [C-]#[N+]c1ccc(-n2c3ccccc3c3cc(N(c4ccc(-c5ccccc5)cc4)c4ccc5c(c4)C(C)(C)c4ccccc4-5)ccc32)cc1. The zero-order valence-corrected chi connectivity index (χ0v) is 27.4. The summed E-state index contributed by atoms with van der Waals surface area (Å²) in [4.78, 5) is 6.00. The number of rotatable bonds is 5. The van der Waals surface area contributed by atoms with Crippen molar-refractivity contribution in [2.45, 2.75) is 19.3 Å². The predicted octanol–water partition coefficient (Wildman–Crippen LogP) is 12.8. The van der Waals surface area contributed by atoms with E-state index >= 15 is 0 Å². The van der Waals surface area contributed by atoms with Crippen molar-refractivity contribution in [3.8, 4) is 27.9 Å². The minimum Gasteiger partial charge on any atom is -0.310 e. The number of anilines is 3. The van der Waals surface area contributed by atoms with Crippen LogP contribution in [-0.2, 0) is 5.41 Å². The van der Waals surface area contributed by atoms with Crippen LogP contribution in [0.1, 0.15) is 25.0 Å². The van der Waals surface area contributed by atoms with Crippen molar-refractivity contribution in [1.29, 1.82) is 0 Å². The molecule has 0 spiro atoms. The first-order valence-electron chi connectivity index (χ1n) is 16.7. The van der Waals surface area contributed by atoms with Gasteiger partial charge in [-0.1, -0.05) is 117 Å². The van der Waals surface area contributed by atoms with E-state index in [0.717, 1.165) is 33.8 Å². The Balaban J connectivity index is 1.24. The highest BCUT2D eigenvalue weighted by Gasteiger charge is 2.35. The van der Waals surface area contributed by atoms with Gasteiger partial charge in [-0.05, 0) is 94.0 Å². The van der Waals surface area contributed by atoms with Crippen molar-refractivity contribution in [3.63, 3.8) is 0 Å². The first-order chi connectivity index (χ1) is 24.0. The lowest BCUT2D eigenvalue weighted by atomic mass is 9.82. The summed E-state index contributed by atoms with van der Waals surface area (Å²) >= 11 is 0. The van der Waals surface area contributed by atoms with E-state index in [-0.39, 0.29) is 5.41 Å². The maximum atomic E-state index is 7.42. The van der Waals surface area contributed by atoms with Crippen LogP contribution in [0, 0.1) is 6.57 Å². The maximum Gasteiger partial charge on any atom is 0.187 e. The molecule has 3 nitrogen and oxygen atoms in total. The Bertz CT molecular complexity index is 2570. The summed E-state index contributed by atoms with van der Waals surface area (Å²) < 4.78 is 2.30. The van der Waals surface area contributed by atoms with Crippen molar-refractivity contribution in [2.75, 3.05) is 4.90 Å². The molecule has 0 N–H and O–H groups in total. The second-order valence-corrected chi connectivity index (χ2v) is 13.3. The van der Waals surface area contributed by atoms with Gasteiger partial charge in [-0.15, -0.1) is 0 Å². The van der Waals surface area contributed by atoms with Gasteiger partial charge in [-0.2, -0.15) is 0 Å². The van der Waals surface area contributed by atoms with Crippen molar-refractivity contribution in [2.24, 2.45) is 0 Å². The quantitative estimate of drug-likeness (QED) is 0.173. The molecule has 1 heterocycles. The Hall–Kier alpha value is -6.37. The van der Waals surface area contributed by atoms with Gasteiger partial charge in [0, 0.05) is 38.9 Å². The van der Waals surface area contributed by atoms with E-state index < -0.39 is 0 Å². The number of para-hydroxylation sites is 1. The van der Waals surface area contributed by atoms with Gasteiger partial charge in [0.1, 0.15) is 0 Å². The summed E-state index contributed by atoms with van der Waals surface area (Å²) in [5.74, 6) is 0. The largest absolute Gasteiger partial charge is 0.310 e. The normalized spacial score (nSPS) is 12.8. The van der Waals surface area contributed by atoms with Crippen LogP contribution < -0.4 is 4.90 Å². The van der Waals surface area contributed by atoms with Gasteiger partial charge in [0.05, 0.1) is 17.6 Å². The minimum atomic E-state index is -0.106. The number of benzene rings is 7. The van der Waals surface area contributed by atoms with E-state index in [2.05, 4.69) is 168 Å². The van der Waals surface area contributed by atoms with Crippen molar-refractivity contribution in [3.05, 3.63) is 186 Å². The number of fused-ring (bicyclic) bond motifs is 6. The van der Waals surface area contributed by atoms with E-state index in [9.17, 15) is 0 Å². The van der Waals surface area contributed by atoms with Crippen molar-refractivity contribution >= 4 is 44.6 Å². The van der Waals surface area contributed by atoms with Crippen LogP contribution in [-0.4, -0.2) is 4.57 Å². The van der Waals surface area contributed by atoms with Crippen molar-refractivity contribution < 1.29 is 0 Å². The van der Waals surface area contributed by atoms with Crippen LogP contribution in [0.25, 0.3) is 54.6 Å². The lowest BCUT2D eigenvalue weighted by molar-refractivity contribution is 0.660. The van der Waals surface area contributed by atoms with Gasteiger partial charge in [-0.3, -0.25) is 0 Å².